The van der Waals surface area contributed by atoms with E-state index in [0.717, 1.165) is 30.7 Å². The lowest BCUT2D eigenvalue weighted by atomic mass is 9.90. The van der Waals surface area contributed by atoms with Gasteiger partial charge in [0.25, 0.3) is 0 Å². The van der Waals surface area contributed by atoms with E-state index in [-0.39, 0.29) is 0 Å². The molecule has 1 aliphatic carbocycles. The van der Waals surface area contributed by atoms with Crippen LogP contribution >= 0.6 is 0 Å². The van der Waals surface area contributed by atoms with Gasteiger partial charge in [-0.15, -0.1) is 0 Å². The van der Waals surface area contributed by atoms with Gasteiger partial charge in [0.1, 0.15) is 5.76 Å². The van der Waals surface area contributed by atoms with Crippen molar-refractivity contribution in [2.45, 2.75) is 32.1 Å². The summed E-state index contributed by atoms with van der Waals surface area (Å²) in [6.45, 7) is 2.21. The van der Waals surface area contributed by atoms with E-state index < -0.39 is 0 Å². The fraction of sp³-hybridized carbons (Fsp3) is 0.357. The van der Waals surface area contributed by atoms with Gasteiger partial charge in [0, 0.05) is 12.3 Å². The first-order valence-corrected chi connectivity index (χ1v) is 5.90. The van der Waals surface area contributed by atoms with E-state index in [4.69, 9.17) is 4.42 Å². The van der Waals surface area contributed by atoms with E-state index in [1.54, 1.807) is 6.39 Å². The third-order valence-corrected chi connectivity index (χ3v) is 3.46. The summed E-state index contributed by atoms with van der Waals surface area (Å²) in [5.74, 6) is 1.48. The molecular formula is C14H15NO. The monoisotopic (exact) mass is 213 g/mol. The van der Waals surface area contributed by atoms with Gasteiger partial charge in [-0.25, -0.2) is 4.98 Å². The van der Waals surface area contributed by atoms with E-state index in [2.05, 4.69) is 36.2 Å². The molecular weight excluding hydrogens is 198 g/mol. The average molecular weight is 213 g/mol. The molecule has 1 atom stereocenters. The first-order valence-electron chi connectivity index (χ1n) is 5.90. The molecule has 3 rings (SSSR count). The predicted molar refractivity (Wildman–Crippen MR) is 62.5 cm³/mol. The Kier molecular flexibility index (Phi) is 2.28. The Hall–Kier alpha value is -1.57. The number of aryl methyl sites for hydroxylation is 2. The van der Waals surface area contributed by atoms with Gasteiger partial charge in [-0.2, -0.15) is 0 Å². The normalized spacial score (nSPS) is 18.7. The molecule has 16 heavy (non-hydrogen) atoms. The summed E-state index contributed by atoms with van der Waals surface area (Å²) >= 11 is 0. The molecule has 0 spiro atoms. The number of rotatable bonds is 1. The summed E-state index contributed by atoms with van der Waals surface area (Å²) in [5, 5.41) is 0. The maximum Gasteiger partial charge on any atom is 0.181 e. The summed E-state index contributed by atoms with van der Waals surface area (Å²) in [6.07, 6.45) is 4.70. The highest BCUT2D eigenvalue weighted by molar-refractivity contribution is 5.39. The molecule has 0 amide bonds. The molecule has 1 unspecified atom stereocenters. The maximum absolute atomic E-state index is 5.49. The van der Waals surface area contributed by atoms with Gasteiger partial charge in [0.2, 0.25) is 0 Å². The van der Waals surface area contributed by atoms with E-state index >= 15 is 0 Å². The molecule has 0 radical (unpaired) electrons. The van der Waals surface area contributed by atoms with E-state index in [1.165, 1.54) is 11.1 Å². The largest absolute Gasteiger partial charge is 0.448 e. The molecule has 2 aromatic rings. The molecule has 0 bridgehead atoms. The van der Waals surface area contributed by atoms with Crippen molar-refractivity contribution in [1.29, 1.82) is 0 Å². The third kappa shape index (κ3) is 1.37. The lowest BCUT2D eigenvalue weighted by Crippen LogP contribution is -2.02. The highest BCUT2D eigenvalue weighted by Crippen LogP contribution is 2.35. The van der Waals surface area contributed by atoms with Gasteiger partial charge < -0.3 is 4.42 Å². The summed E-state index contributed by atoms with van der Waals surface area (Å²) in [7, 11) is 0. The zero-order valence-electron chi connectivity index (χ0n) is 9.44. The van der Waals surface area contributed by atoms with Crippen molar-refractivity contribution in [2.75, 3.05) is 0 Å². The van der Waals surface area contributed by atoms with Crippen LogP contribution in [-0.4, -0.2) is 4.98 Å². The van der Waals surface area contributed by atoms with E-state index in [9.17, 15) is 0 Å². The summed E-state index contributed by atoms with van der Waals surface area (Å²) in [6, 6.07) is 8.69. The van der Waals surface area contributed by atoms with Crippen molar-refractivity contribution in [2.24, 2.45) is 0 Å². The predicted octanol–water partition coefficient (Wildman–Crippen LogP) is 3.32. The average Bonchev–Trinajstić information content (AvgIpc) is 2.72. The van der Waals surface area contributed by atoms with Crippen LogP contribution in [0.2, 0.25) is 0 Å². The van der Waals surface area contributed by atoms with Crippen LogP contribution in [0.15, 0.2) is 35.1 Å². The molecule has 2 heteroatoms. The van der Waals surface area contributed by atoms with Crippen molar-refractivity contribution < 1.29 is 4.42 Å². The minimum absolute atomic E-state index is 0.410. The number of fused-ring (bicyclic) bond motifs is 2. The first-order chi connectivity index (χ1) is 7.90. The molecule has 1 heterocycles. The van der Waals surface area contributed by atoms with Gasteiger partial charge in [-0.3, -0.25) is 0 Å². The Bertz CT molecular complexity index is 501. The molecule has 0 fully saturated rings. The van der Waals surface area contributed by atoms with Gasteiger partial charge in [-0.05, 0) is 24.0 Å². The van der Waals surface area contributed by atoms with Crippen molar-refractivity contribution in [3.63, 3.8) is 0 Å². The van der Waals surface area contributed by atoms with Crippen molar-refractivity contribution in [1.82, 2.24) is 4.98 Å². The number of hydrogen-bond acceptors (Lipinski definition) is 2. The fourth-order valence-corrected chi connectivity index (χ4v) is 2.66. The second kappa shape index (κ2) is 3.78. The Labute approximate surface area is 95.3 Å². The highest BCUT2D eigenvalue weighted by Gasteiger charge is 2.25. The van der Waals surface area contributed by atoms with Crippen molar-refractivity contribution >= 4 is 0 Å². The quantitative estimate of drug-likeness (QED) is 0.726. The molecule has 0 N–H and O–H groups in total. The van der Waals surface area contributed by atoms with Gasteiger partial charge >= 0.3 is 0 Å². The van der Waals surface area contributed by atoms with Crippen LogP contribution < -0.4 is 0 Å². The van der Waals surface area contributed by atoms with Gasteiger partial charge in [-0.1, -0.05) is 31.2 Å². The second-order valence-corrected chi connectivity index (χ2v) is 4.32. The minimum atomic E-state index is 0.410. The molecule has 0 saturated carbocycles. The number of oxazole rings is 1. The summed E-state index contributed by atoms with van der Waals surface area (Å²) in [5.41, 5.74) is 4.02. The standard InChI is InChI=1S/C14H15NO/c1-2-11-12-6-4-3-5-10(12)7-8-13-14(11)15-9-16-13/h3-6,9,11H,2,7-8H2,1H3. The number of benzene rings is 1. The van der Waals surface area contributed by atoms with Gasteiger partial charge in [0.15, 0.2) is 6.39 Å². The minimum Gasteiger partial charge on any atom is -0.448 e. The van der Waals surface area contributed by atoms with Crippen LogP contribution in [0.5, 0.6) is 0 Å². The van der Waals surface area contributed by atoms with Crippen molar-refractivity contribution in [3.8, 4) is 0 Å². The molecule has 1 aliphatic rings. The molecule has 2 nitrogen and oxygen atoms in total. The Balaban J connectivity index is 2.17. The first kappa shape index (κ1) is 9.64. The van der Waals surface area contributed by atoms with Gasteiger partial charge in [0.05, 0.1) is 5.69 Å². The summed E-state index contributed by atoms with van der Waals surface area (Å²) in [4.78, 5) is 4.40. The van der Waals surface area contributed by atoms with Crippen LogP contribution in [0.1, 0.15) is 41.8 Å². The molecule has 1 aromatic heterocycles. The topological polar surface area (TPSA) is 26.0 Å². The Morgan fingerprint density at radius 1 is 1.31 bits per heavy atom. The number of hydrogen-bond donors (Lipinski definition) is 0. The molecule has 82 valence electrons. The summed E-state index contributed by atoms with van der Waals surface area (Å²) < 4.78 is 5.49. The molecule has 1 aromatic carbocycles. The van der Waals surface area contributed by atoms with Crippen LogP contribution in [0.3, 0.4) is 0 Å². The zero-order chi connectivity index (χ0) is 11.0. The molecule has 0 aliphatic heterocycles. The highest BCUT2D eigenvalue weighted by atomic mass is 16.3. The third-order valence-electron chi connectivity index (χ3n) is 3.46. The smallest absolute Gasteiger partial charge is 0.181 e. The van der Waals surface area contributed by atoms with E-state index in [1.807, 2.05) is 0 Å². The fourth-order valence-electron chi connectivity index (χ4n) is 2.66. The Morgan fingerprint density at radius 2 is 2.19 bits per heavy atom. The number of nitrogens with zero attached hydrogens (tertiary/aromatic N) is 1. The Morgan fingerprint density at radius 3 is 3.06 bits per heavy atom. The zero-order valence-corrected chi connectivity index (χ0v) is 9.44. The molecule has 0 saturated heterocycles. The lowest BCUT2D eigenvalue weighted by Gasteiger charge is -2.14. The SMILES string of the molecule is CCC1c2ccccc2CCc2ocnc21. The van der Waals surface area contributed by atoms with Crippen LogP contribution in [0.4, 0.5) is 0 Å². The second-order valence-electron chi connectivity index (χ2n) is 4.32. The van der Waals surface area contributed by atoms with Crippen molar-refractivity contribution in [3.05, 3.63) is 53.2 Å². The van der Waals surface area contributed by atoms with Crippen LogP contribution in [0.25, 0.3) is 0 Å². The lowest BCUT2D eigenvalue weighted by molar-refractivity contribution is 0.500. The van der Waals surface area contributed by atoms with Crippen LogP contribution in [-0.2, 0) is 12.8 Å². The number of aromatic nitrogens is 1. The maximum atomic E-state index is 5.49. The van der Waals surface area contributed by atoms with Crippen LogP contribution in [0, 0.1) is 0 Å². The van der Waals surface area contributed by atoms with E-state index in [0.29, 0.717) is 5.92 Å².